The van der Waals surface area contributed by atoms with E-state index in [2.05, 4.69) is 4.98 Å². The van der Waals surface area contributed by atoms with Gasteiger partial charge in [-0.05, 0) is 0 Å². The van der Waals surface area contributed by atoms with Gasteiger partial charge in [0.1, 0.15) is 6.61 Å². The summed E-state index contributed by atoms with van der Waals surface area (Å²) >= 11 is 1.58. The van der Waals surface area contributed by atoms with Gasteiger partial charge in [-0.25, -0.2) is 4.98 Å². The lowest BCUT2D eigenvalue weighted by molar-refractivity contribution is 0.0904. The van der Waals surface area contributed by atoms with Gasteiger partial charge in [0.25, 0.3) is 0 Å². The van der Waals surface area contributed by atoms with Crippen molar-refractivity contribution in [3.05, 3.63) is 47.6 Å². The number of aromatic nitrogens is 2. The number of hydrogen-bond donors (Lipinski definition) is 1. The summed E-state index contributed by atoms with van der Waals surface area (Å²) in [5, 5.41) is 10.8. The van der Waals surface area contributed by atoms with Crippen molar-refractivity contribution in [1.29, 1.82) is 0 Å². The maximum Gasteiger partial charge on any atom is 0.194 e. The van der Waals surface area contributed by atoms with Crippen LogP contribution >= 0.6 is 11.3 Å². The van der Waals surface area contributed by atoms with E-state index in [1.165, 1.54) is 0 Å². The average Bonchev–Trinajstić information content (AvgIpc) is 2.99. The second-order valence-electron chi connectivity index (χ2n) is 3.88. The highest BCUT2D eigenvalue weighted by molar-refractivity contribution is 7.15. The molecule has 0 radical (unpaired) electrons. The predicted molar refractivity (Wildman–Crippen MR) is 69.9 cm³/mol. The number of ketones is 1. The number of rotatable bonds is 3. The summed E-state index contributed by atoms with van der Waals surface area (Å²) in [6.45, 7) is -0.459. The smallest absolute Gasteiger partial charge is 0.194 e. The number of benzene rings is 1. The van der Waals surface area contributed by atoms with Gasteiger partial charge in [0.2, 0.25) is 0 Å². The monoisotopic (exact) mass is 258 g/mol. The summed E-state index contributed by atoms with van der Waals surface area (Å²) in [5.41, 5.74) is 2.35. The zero-order valence-corrected chi connectivity index (χ0v) is 10.2. The van der Waals surface area contributed by atoms with Gasteiger partial charge in [-0.15, -0.1) is 11.3 Å². The van der Waals surface area contributed by atoms with E-state index < -0.39 is 6.61 Å². The normalized spacial score (nSPS) is 10.9. The van der Waals surface area contributed by atoms with Crippen LogP contribution in [0.1, 0.15) is 10.4 Å². The van der Waals surface area contributed by atoms with E-state index in [9.17, 15) is 4.79 Å². The number of imidazole rings is 1. The van der Waals surface area contributed by atoms with Crippen LogP contribution in [0.3, 0.4) is 0 Å². The third kappa shape index (κ3) is 1.83. The molecule has 1 aromatic carbocycles. The predicted octanol–water partition coefficient (Wildman–Crippen LogP) is 2.24. The van der Waals surface area contributed by atoms with Crippen molar-refractivity contribution >= 4 is 22.1 Å². The van der Waals surface area contributed by atoms with Crippen LogP contribution in [-0.4, -0.2) is 26.9 Å². The molecule has 0 unspecified atom stereocenters. The van der Waals surface area contributed by atoms with Crippen LogP contribution in [0.5, 0.6) is 0 Å². The van der Waals surface area contributed by atoms with Gasteiger partial charge in [-0.1, -0.05) is 24.3 Å². The number of fused-ring (bicyclic) bond motifs is 1. The first-order valence-corrected chi connectivity index (χ1v) is 6.32. The van der Waals surface area contributed by atoms with Crippen molar-refractivity contribution in [2.75, 3.05) is 6.61 Å². The number of Topliss-reactive ketones (excluding diaryl/α,β-unsaturated/α-hetero) is 1. The van der Waals surface area contributed by atoms with Crippen molar-refractivity contribution in [1.82, 2.24) is 9.38 Å². The second-order valence-corrected chi connectivity index (χ2v) is 4.75. The highest BCUT2D eigenvalue weighted by Gasteiger charge is 2.07. The number of hydrogen-bond acceptors (Lipinski definition) is 4. The van der Waals surface area contributed by atoms with Crippen LogP contribution in [0.4, 0.5) is 0 Å². The van der Waals surface area contributed by atoms with Gasteiger partial charge < -0.3 is 5.11 Å². The molecule has 0 bridgehead atoms. The van der Waals surface area contributed by atoms with Crippen molar-refractivity contribution in [3.8, 4) is 11.3 Å². The molecule has 1 N–H and O–H groups in total. The Hall–Kier alpha value is -1.98. The van der Waals surface area contributed by atoms with Gasteiger partial charge in [0.15, 0.2) is 10.7 Å². The maximum atomic E-state index is 11.3. The topological polar surface area (TPSA) is 54.6 Å². The third-order valence-corrected chi connectivity index (χ3v) is 3.51. The van der Waals surface area contributed by atoms with Gasteiger partial charge >= 0.3 is 0 Å². The van der Waals surface area contributed by atoms with Crippen LogP contribution in [0.2, 0.25) is 0 Å². The summed E-state index contributed by atoms with van der Waals surface area (Å²) in [6.07, 6.45) is 3.91. The Kier molecular flexibility index (Phi) is 2.70. The quantitative estimate of drug-likeness (QED) is 0.733. The van der Waals surface area contributed by atoms with Crippen molar-refractivity contribution in [3.63, 3.8) is 0 Å². The minimum absolute atomic E-state index is 0.271. The molecule has 2 aromatic heterocycles. The van der Waals surface area contributed by atoms with Gasteiger partial charge in [0, 0.05) is 28.9 Å². The lowest BCUT2D eigenvalue weighted by atomic mass is 10.1. The van der Waals surface area contributed by atoms with Crippen molar-refractivity contribution in [2.45, 2.75) is 0 Å². The summed E-state index contributed by atoms with van der Waals surface area (Å²) in [7, 11) is 0. The first-order valence-electron chi connectivity index (χ1n) is 5.44. The van der Waals surface area contributed by atoms with Crippen LogP contribution in [-0.2, 0) is 0 Å². The van der Waals surface area contributed by atoms with Gasteiger partial charge in [-0.3, -0.25) is 9.20 Å². The molecule has 0 aliphatic carbocycles. The highest BCUT2D eigenvalue weighted by Crippen LogP contribution is 2.21. The SMILES string of the molecule is O=C(CO)c1ccc(-c2cn3ccsc3n2)cc1. The number of aliphatic hydroxyl groups is 1. The number of thiazole rings is 1. The molecule has 3 rings (SSSR count). The molecule has 4 nitrogen and oxygen atoms in total. The first-order chi connectivity index (χ1) is 8.78. The van der Waals surface area contributed by atoms with E-state index in [4.69, 9.17) is 5.11 Å². The molecule has 3 aromatic rings. The minimum atomic E-state index is -0.459. The zero-order chi connectivity index (χ0) is 12.5. The second kappa shape index (κ2) is 4.36. The largest absolute Gasteiger partial charge is 0.388 e. The van der Waals surface area contributed by atoms with E-state index >= 15 is 0 Å². The lowest BCUT2D eigenvalue weighted by Gasteiger charge is -1.99. The molecule has 2 heterocycles. The molecule has 0 aliphatic heterocycles. The van der Waals surface area contributed by atoms with Gasteiger partial charge in [-0.2, -0.15) is 0 Å². The standard InChI is InChI=1S/C13H10N2O2S/c16-8-12(17)10-3-1-9(2-4-10)11-7-15-5-6-18-13(15)14-11/h1-7,16H,8H2. The van der Waals surface area contributed by atoms with E-state index in [-0.39, 0.29) is 5.78 Å². The van der Waals surface area contributed by atoms with Crippen LogP contribution in [0.25, 0.3) is 16.2 Å². The summed E-state index contributed by atoms with van der Waals surface area (Å²) < 4.78 is 1.97. The fourth-order valence-electron chi connectivity index (χ4n) is 1.78. The Balaban J connectivity index is 1.97. The molecule has 0 spiro atoms. The zero-order valence-electron chi connectivity index (χ0n) is 9.41. The molecule has 18 heavy (non-hydrogen) atoms. The average molecular weight is 258 g/mol. The Labute approximate surface area is 107 Å². The molecule has 5 heteroatoms. The Morgan fingerprint density at radius 3 is 2.78 bits per heavy atom. The van der Waals surface area contributed by atoms with Crippen molar-refractivity contribution in [2.24, 2.45) is 0 Å². The molecule has 0 atom stereocenters. The van der Waals surface area contributed by atoms with Crippen LogP contribution in [0.15, 0.2) is 42.0 Å². The Morgan fingerprint density at radius 2 is 2.11 bits per heavy atom. The molecular weight excluding hydrogens is 248 g/mol. The fraction of sp³-hybridized carbons (Fsp3) is 0.0769. The Bertz CT molecular complexity index is 669. The van der Waals surface area contributed by atoms with Crippen molar-refractivity contribution < 1.29 is 9.90 Å². The third-order valence-electron chi connectivity index (χ3n) is 2.74. The molecular formula is C13H10N2O2S. The first kappa shape index (κ1) is 11.1. The van der Waals surface area contributed by atoms with Crippen LogP contribution < -0.4 is 0 Å². The highest BCUT2D eigenvalue weighted by atomic mass is 32.1. The summed E-state index contributed by atoms with van der Waals surface area (Å²) in [6, 6.07) is 7.10. The summed E-state index contributed by atoms with van der Waals surface area (Å²) in [5.74, 6) is -0.271. The van der Waals surface area contributed by atoms with E-state index in [1.54, 1.807) is 23.5 Å². The van der Waals surface area contributed by atoms with Gasteiger partial charge in [0.05, 0.1) is 5.69 Å². The fourth-order valence-corrected chi connectivity index (χ4v) is 2.48. The molecule has 0 amide bonds. The number of carbonyl (C=O) groups is 1. The molecule has 0 fully saturated rings. The molecule has 0 aliphatic rings. The molecule has 90 valence electrons. The molecule has 0 saturated heterocycles. The summed E-state index contributed by atoms with van der Waals surface area (Å²) in [4.78, 5) is 16.7. The number of carbonyl (C=O) groups excluding carboxylic acids is 1. The van der Waals surface area contributed by atoms with E-state index in [1.807, 2.05) is 34.3 Å². The number of aliphatic hydroxyl groups excluding tert-OH is 1. The Morgan fingerprint density at radius 1 is 1.33 bits per heavy atom. The lowest BCUT2D eigenvalue weighted by Crippen LogP contribution is -2.03. The minimum Gasteiger partial charge on any atom is -0.388 e. The van der Waals surface area contributed by atoms with E-state index in [0.717, 1.165) is 16.2 Å². The number of nitrogens with zero attached hydrogens (tertiary/aromatic N) is 2. The van der Waals surface area contributed by atoms with Crippen LogP contribution in [0, 0.1) is 0 Å². The molecule has 0 saturated carbocycles. The van der Waals surface area contributed by atoms with E-state index in [0.29, 0.717) is 5.56 Å². The maximum absolute atomic E-state index is 11.3.